The van der Waals surface area contributed by atoms with Crippen LogP contribution in [0.2, 0.25) is 0 Å². The molecule has 1 aliphatic carbocycles. The van der Waals surface area contributed by atoms with Gasteiger partial charge < -0.3 is 14.9 Å². The second kappa shape index (κ2) is 4.74. The molecule has 3 rings (SSSR count). The molecule has 0 saturated carbocycles. The SMILES string of the molecule is O=C1C(/C=C/c2ccccc2)=C(CO)C(O)C2OC12. The van der Waals surface area contributed by atoms with E-state index < -0.39 is 18.3 Å². The van der Waals surface area contributed by atoms with Crippen molar-refractivity contribution in [2.24, 2.45) is 0 Å². The maximum atomic E-state index is 12.0. The minimum Gasteiger partial charge on any atom is -0.392 e. The Morgan fingerprint density at radius 3 is 2.63 bits per heavy atom. The first-order valence-electron chi connectivity index (χ1n) is 6.17. The van der Waals surface area contributed by atoms with Gasteiger partial charge in [0.05, 0.1) is 6.61 Å². The van der Waals surface area contributed by atoms with Crippen molar-refractivity contribution in [2.75, 3.05) is 6.61 Å². The number of epoxide rings is 1. The number of Topliss-reactive ketones (excluding diaryl/α,β-unsaturated/α-hetero) is 1. The summed E-state index contributed by atoms with van der Waals surface area (Å²) in [6.07, 6.45) is 1.54. The fourth-order valence-electron chi connectivity index (χ4n) is 2.36. The Morgan fingerprint density at radius 1 is 1.21 bits per heavy atom. The predicted octanol–water partition coefficient (Wildman–Crippen LogP) is 0.700. The third-order valence-corrected chi connectivity index (χ3v) is 3.48. The Bertz CT molecular complexity index is 559. The highest BCUT2D eigenvalue weighted by atomic mass is 16.6. The van der Waals surface area contributed by atoms with Crippen molar-refractivity contribution in [3.05, 3.63) is 53.1 Å². The van der Waals surface area contributed by atoms with Crippen molar-refractivity contribution in [1.29, 1.82) is 0 Å². The molecule has 0 amide bonds. The number of hydrogen-bond donors (Lipinski definition) is 2. The molecule has 0 spiro atoms. The number of ketones is 1. The molecular weight excluding hydrogens is 244 g/mol. The largest absolute Gasteiger partial charge is 0.392 e. The number of hydrogen-bond acceptors (Lipinski definition) is 4. The first kappa shape index (κ1) is 12.3. The molecule has 1 aliphatic heterocycles. The van der Waals surface area contributed by atoms with Crippen LogP contribution in [0.3, 0.4) is 0 Å². The first-order valence-corrected chi connectivity index (χ1v) is 6.17. The summed E-state index contributed by atoms with van der Waals surface area (Å²) in [5.74, 6) is -0.161. The van der Waals surface area contributed by atoms with Gasteiger partial charge in [-0.15, -0.1) is 0 Å². The summed E-state index contributed by atoms with van der Waals surface area (Å²) in [6.45, 7) is -0.339. The van der Waals surface area contributed by atoms with Crippen LogP contribution in [-0.2, 0) is 9.53 Å². The van der Waals surface area contributed by atoms with E-state index in [2.05, 4.69) is 0 Å². The van der Waals surface area contributed by atoms with E-state index in [9.17, 15) is 15.0 Å². The Morgan fingerprint density at radius 2 is 1.95 bits per heavy atom. The first-order chi connectivity index (χ1) is 9.22. The Balaban J connectivity index is 1.93. The number of carbonyl (C=O) groups excluding carboxylic acids is 1. The van der Waals surface area contributed by atoms with Gasteiger partial charge in [-0.2, -0.15) is 0 Å². The van der Waals surface area contributed by atoms with Crippen LogP contribution in [0.1, 0.15) is 5.56 Å². The number of carbonyl (C=O) groups is 1. The zero-order chi connectivity index (χ0) is 13.4. The van der Waals surface area contributed by atoms with Crippen molar-refractivity contribution in [1.82, 2.24) is 0 Å². The van der Waals surface area contributed by atoms with Gasteiger partial charge >= 0.3 is 0 Å². The van der Waals surface area contributed by atoms with E-state index in [1.165, 1.54) is 0 Å². The summed E-state index contributed by atoms with van der Waals surface area (Å²) in [6, 6.07) is 9.54. The number of aliphatic hydroxyl groups is 2. The lowest BCUT2D eigenvalue weighted by atomic mass is 9.88. The number of rotatable bonds is 3. The quantitative estimate of drug-likeness (QED) is 0.783. The van der Waals surface area contributed by atoms with E-state index in [0.29, 0.717) is 11.1 Å². The van der Waals surface area contributed by atoms with Crippen LogP contribution < -0.4 is 0 Å². The Kier molecular flexibility index (Phi) is 3.06. The number of allylic oxidation sites excluding steroid dienone is 1. The van der Waals surface area contributed by atoms with E-state index in [0.717, 1.165) is 5.56 Å². The maximum absolute atomic E-state index is 12.0. The Hall–Kier alpha value is -1.75. The van der Waals surface area contributed by atoms with E-state index in [1.54, 1.807) is 12.2 Å². The van der Waals surface area contributed by atoms with E-state index in [-0.39, 0.29) is 12.4 Å². The van der Waals surface area contributed by atoms with E-state index in [4.69, 9.17) is 4.74 Å². The number of ether oxygens (including phenoxy) is 1. The molecule has 4 nitrogen and oxygen atoms in total. The summed E-state index contributed by atoms with van der Waals surface area (Å²) >= 11 is 0. The monoisotopic (exact) mass is 258 g/mol. The van der Waals surface area contributed by atoms with Gasteiger partial charge in [-0.05, 0) is 11.1 Å². The standard InChI is InChI=1S/C15H14O4/c16-8-11-10(7-6-9-4-2-1-3-5-9)12(17)14-15(19-14)13(11)18/h1-7,13-16,18H,8H2/b7-6+. The van der Waals surface area contributed by atoms with Gasteiger partial charge in [0.2, 0.25) is 0 Å². The second-order valence-electron chi connectivity index (χ2n) is 4.67. The van der Waals surface area contributed by atoms with Crippen LogP contribution in [0.25, 0.3) is 6.08 Å². The molecule has 0 radical (unpaired) electrons. The van der Waals surface area contributed by atoms with Gasteiger partial charge in [-0.25, -0.2) is 0 Å². The summed E-state index contributed by atoms with van der Waals surface area (Å²) in [5, 5.41) is 19.3. The molecular formula is C15H14O4. The lowest BCUT2D eigenvalue weighted by molar-refractivity contribution is -0.116. The predicted molar refractivity (Wildman–Crippen MR) is 69.3 cm³/mol. The summed E-state index contributed by atoms with van der Waals surface area (Å²) in [5.41, 5.74) is 1.65. The third kappa shape index (κ3) is 2.14. The van der Waals surface area contributed by atoms with Gasteiger partial charge in [0.25, 0.3) is 0 Å². The van der Waals surface area contributed by atoms with Gasteiger partial charge in [0, 0.05) is 5.57 Å². The molecule has 19 heavy (non-hydrogen) atoms. The van der Waals surface area contributed by atoms with Crippen LogP contribution in [0.5, 0.6) is 0 Å². The molecule has 1 fully saturated rings. The Labute approximate surface area is 110 Å². The fraction of sp³-hybridized carbons (Fsp3) is 0.267. The minimum atomic E-state index is -0.886. The van der Waals surface area contributed by atoms with Gasteiger partial charge in [-0.3, -0.25) is 4.79 Å². The molecule has 1 heterocycles. The van der Waals surface area contributed by atoms with Gasteiger partial charge in [0.1, 0.15) is 18.3 Å². The van der Waals surface area contributed by atoms with Crippen molar-refractivity contribution in [3.63, 3.8) is 0 Å². The smallest absolute Gasteiger partial charge is 0.194 e. The zero-order valence-electron chi connectivity index (χ0n) is 10.2. The van der Waals surface area contributed by atoms with Gasteiger partial charge in [0.15, 0.2) is 5.78 Å². The molecule has 0 bridgehead atoms. The molecule has 98 valence electrons. The molecule has 1 aromatic carbocycles. The number of aliphatic hydroxyl groups excluding tert-OH is 2. The van der Waals surface area contributed by atoms with Crippen molar-refractivity contribution in [2.45, 2.75) is 18.3 Å². The average molecular weight is 258 g/mol. The summed E-state index contributed by atoms with van der Waals surface area (Å²) in [7, 11) is 0. The fourth-order valence-corrected chi connectivity index (χ4v) is 2.36. The van der Waals surface area contributed by atoms with Crippen LogP contribution in [-0.4, -0.2) is 40.9 Å². The normalized spacial score (nSPS) is 29.8. The van der Waals surface area contributed by atoms with E-state index >= 15 is 0 Å². The van der Waals surface area contributed by atoms with Crippen LogP contribution >= 0.6 is 0 Å². The molecule has 3 atom stereocenters. The van der Waals surface area contributed by atoms with Gasteiger partial charge in [-0.1, -0.05) is 42.5 Å². The minimum absolute atomic E-state index is 0.161. The third-order valence-electron chi connectivity index (χ3n) is 3.48. The van der Waals surface area contributed by atoms with Crippen molar-refractivity contribution >= 4 is 11.9 Å². The molecule has 1 saturated heterocycles. The summed E-state index contributed by atoms with van der Waals surface area (Å²) in [4.78, 5) is 12.0. The summed E-state index contributed by atoms with van der Waals surface area (Å²) < 4.78 is 5.13. The highest BCUT2D eigenvalue weighted by molar-refractivity contribution is 6.06. The average Bonchev–Trinajstić information content (AvgIpc) is 3.23. The highest BCUT2D eigenvalue weighted by Crippen LogP contribution is 2.38. The molecule has 2 aliphatic rings. The molecule has 4 heteroatoms. The topological polar surface area (TPSA) is 70.1 Å². The molecule has 1 aromatic rings. The number of fused-ring (bicyclic) bond motifs is 1. The second-order valence-corrected chi connectivity index (χ2v) is 4.67. The van der Waals surface area contributed by atoms with Crippen LogP contribution in [0, 0.1) is 0 Å². The van der Waals surface area contributed by atoms with Crippen LogP contribution in [0.4, 0.5) is 0 Å². The maximum Gasteiger partial charge on any atom is 0.194 e. The van der Waals surface area contributed by atoms with Crippen molar-refractivity contribution in [3.8, 4) is 0 Å². The number of benzene rings is 1. The highest BCUT2D eigenvalue weighted by Gasteiger charge is 2.55. The van der Waals surface area contributed by atoms with E-state index in [1.807, 2.05) is 30.3 Å². The molecule has 2 N–H and O–H groups in total. The van der Waals surface area contributed by atoms with Crippen molar-refractivity contribution < 1.29 is 19.7 Å². The van der Waals surface area contributed by atoms with Crippen LogP contribution in [0.15, 0.2) is 47.6 Å². The lowest BCUT2D eigenvalue weighted by Gasteiger charge is -2.18. The molecule has 3 unspecified atom stereocenters. The zero-order valence-corrected chi connectivity index (χ0v) is 10.2. The molecule has 0 aromatic heterocycles. The lowest BCUT2D eigenvalue weighted by Crippen LogP contribution is -2.32.